The van der Waals surface area contributed by atoms with Crippen LogP contribution in [-0.4, -0.2) is 34.5 Å². The van der Waals surface area contributed by atoms with Crippen molar-refractivity contribution in [2.75, 3.05) is 13.2 Å². The third-order valence-electron chi connectivity index (χ3n) is 3.80. The number of hydrogen-bond donors (Lipinski definition) is 1. The van der Waals surface area contributed by atoms with E-state index in [-0.39, 0.29) is 17.1 Å². The molecule has 1 fully saturated rings. The highest BCUT2D eigenvalue weighted by Gasteiger charge is 2.24. The van der Waals surface area contributed by atoms with Crippen LogP contribution in [0, 0.1) is 0 Å². The van der Waals surface area contributed by atoms with Gasteiger partial charge >= 0.3 is 0 Å². The predicted octanol–water partition coefficient (Wildman–Crippen LogP) is 3.19. The van der Waals surface area contributed by atoms with E-state index < -0.39 is 11.0 Å². The van der Waals surface area contributed by atoms with E-state index >= 15 is 0 Å². The molecule has 2 rings (SSSR count). The molecule has 130 valence electrons. The van der Waals surface area contributed by atoms with Gasteiger partial charge in [-0.3, -0.25) is 0 Å². The largest absolute Gasteiger partial charge is 0.353 e. The van der Waals surface area contributed by atoms with Crippen LogP contribution in [0.25, 0.3) is 0 Å². The van der Waals surface area contributed by atoms with Crippen LogP contribution in [-0.2, 0) is 26.9 Å². The quantitative estimate of drug-likeness (QED) is 0.830. The summed E-state index contributed by atoms with van der Waals surface area (Å²) in [6.45, 7) is 7.51. The lowest BCUT2D eigenvalue weighted by Crippen LogP contribution is -2.41. The highest BCUT2D eigenvalue weighted by atomic mass is 32.2. The van der Waals surface area contributed by atoms with Gasteiger partial charge in [0.2, 0.25) is 0 Å². The maximum absolute atomic E-state index is 12.5. The average Bonchev–Trinajstić information content (AvgIpc) is 2.53. The van der Waals surface area contributed by atoms with Crippen molar-refractivity contribution in [3.8, 4) is 0 Å². The minimum absolute atomic E-state index is 0.119. The first-order valence-electron chi connectivity index (χ1n) is 8.40. The molecule has 0 radical (unpaired) electrons. The summed E-state index contributed by atoms with van der Waals surface area (Å²) in [5.41, 5.74) is 1.25. The van der Waals surface area contributed by atoms with Crippen LogP contribution >= 0.6 is 0 Å². The standard InChI is InChI=1S/C18H29NO3S/c1-18(2,3)23(20)19-16(14-15-8-5-4-6-9-15)10-11-17-21-12-7-13-22-17/h4-6,8-9,16-17,19H,7,10-14H2,1-3H3/t16-,23-/m1/s1. The second-order valence-corrected chi connectivity index (χ2v) is 8.99. The minimum atomic E-state index is -1.08. The van der Waals surface area contributed by atoms with Gasteiger partial charge in [0.15, 0.2) is 6.29 Å². The zero-order valence-corrected chi connectivity index (χ0v) is 15.2. The molecule has 0 saturated carbocycles. The zero-order chi connectivity index (χ0) is 16.7. The van der Waals surface area contributed by atoms with Crippen molar-refractivity contribution >= 4 is 11.0 Å². The Morgan fingerprint density at radius 2 is 1.87 bits per heavy atom. The molecule has 1 heterocycles. The molecule has 5 heteroatoms. The van der Waals surface area contributed by atoms with Gasteiger partial charge in [-0.1, -0.05) is 30.3 Å². The van der Waals surface area contributed by atoms with Gasteiger partial charge in [-0.05, 0) is 52.0 Å². The Labute approximate surface area is 142 Å². The normalized spacial score (nSPS) is 19.4. The first-order valence-corrected chi connectivity index (χ1v) is 9.55. The van der Waals surface area contributed by atoms with Crippen LogP contribution in [0.4, 0.5) is 0 Å². The second kappa shape index (κ2) is 8.92. The summed E-state index contributed by atoms with van der Waals surface area (Å²) >= 11 is 0. The van der Waals surface area contributed by atoms with Crippen LogP contribution < -0.4 is 4.72 Å². The molecule has 0 unspecified atom stereocenters. The van der Waals surface area contributed by atoms with Gasteiger partial charge in [0.1, 0.15) is 0 Å². The topological polar surface area (TPSA) is 47.6 Å². The maximum atomic E-state index is 12.5. The number of hydrogen-bond acceptors (Lipinski definition) is 3. The minimum Gasteiger partial charge on any atom is -0.353 e. The van der Waals surface area contributed by atoms with Crippen LogP contribution in [0.1, 0.15) is 45.6 Å². The van der Waals surface area contributed by atoms with Crippen molar-refractivity contribution in [1.82, 2.24) is 4.72 Å². The molecule has 1 saturated heterocycles. The number of ether oxygens (including phenoxy) is 2. The molecule has 0 bridgehead atoms. The van der Waals surface area contributed by atoms with Crippen LogP contribution in [0.3, 0.4) is 0 Å². The molecule has 1 aliphatic rings. The fourth-order valence-corrected chi connectivity index (χ4v) is 3.33. The summed E-state index contributed by atoms with van der Waals surface area (Å²) in [6, 6.07) is 10.5. The van der Waals surface area contributed by atoms with Gasteiger partial charge in [-0.2, -0.15) is 0 Å². The summed E-state index contributed by atoms with van der Waals surface area (Å²) in [7, 11) is -1.08. The van der Waals surface area contributed by atoms with E-state index in [2.05, 4.69) is 16.9 Å². The molecular weight excluding hydrogens is 310 g/mol. The summed E-state index contributed by atoms with van der Waals surface area (Å²) in [5.74, 6) is 0. The van der Waals surface area contributed by atoms with Crippen LogP contribution in [0.5, 0.6) is 0 Å². The van der Waals surface area contributed by atoms with Gasteiger partial charge in [0.25, 0.3) is 0 Å². The molecule has 23 heavy (non-hydrogen) atoms. The summed E-state index contributed by atoms with van der Waals surface area (Å²) in [5, 5.41) is 0. The molecule has 1 aliphatic heterocycles. The van der Waals surface area contributed by atoms with Gasteiger partial charge < -0.3 is 9.47 Å². The van der Waals surface area contributed by atoms with Gasteiger partial charge in [-0.15, -0.1) is 0 Å². The number of nitrogens with one attached hydrogen (secondary N) is 1. The van der Waals surface area contributed by atoms with Crippen molar-refractivity contribution < 1.29 is 13.7 Å². The molecule has 4 nitrogen and oxygen atoms in total. The summed E-state index contributed by atoms with van der Waals surface area (Å²) in [6.07, 6.45) is 3.41. The summed E-state index contributed by atoms with van der Waals surface area (Å²) in [4.78, 5) is 0. The van der Waals surface area contributed by atoms with E-state index in [0.717, 1.165) is 38.9 Å². The van der Waals surface area contributed by atoms with Crippen LogP contribution in [0.15, 0.2) is 30.3 Å². The van der Waals surface area contributed by atoms with E-state index in [9.17, 15) is 4.21 Å². The Kier molecular flexibility index (Phi) is 7.21. The zero-order valence-electron chi connectivity index (χ0n) is 14.4. The lowest BCUT2D eigenvalue weighted by Gasteiger charge is -2.27. The van der Waals surface area contributed by atoms with Gasteiger partial charge in [0.05, 0.1) is 28.9 Å². The number of benzene rings is 1. The Balaban J connectivity index is 1.94. The molecule has 0 spiro atoms. The first-order chi connectivity index (χ1) is 10.9. The van der Waals surface area contributed by atoms with E-state index in [1.54, 1.807) is 0 Å². The van der Waals surface area contributed by atoms with E-state index in [4.69, 9.17) is 9.47 Å². The number of rotatable bonds is 7. The molecule has 0 aliphatic carbocycles. The molecule has 1 aromatic rings. The molecule has 0 amide bonds. The highest BCUT2D eigenvalue weighted by Crippen LogP contribution is 2.17. The van der Waals surface area contributed by atoms with Crippen molar-refractivity contribution in [3.63, 3.8) is 0 Å². The van der Waals surface area contributed by atoms with E-state index in [1.165, 1.54) is 5.56 Å². The second-order valence-electron chi connectivity index (χ2n) is 6.99. The van der Waals surface area contributed by atoms with Crippen molar-refractivity contribution in [2.24, 2.45) is 0 Å². The Morgan fingerprint density at radius 3 is 2.48 bits per heavy atom. The molecule has 1 aromatic carbocycles. The molecule has 1 N–H and O–H groups in total. The molecular formula is C18H29NO3S. The fraction of sp³-hybridized carbons (Fsp3) is 0.667. The highest BCUT2D eigenvalue weighted by molar-refractivity contribution is 7.84. The fourth-order valence-electron chi connectivity index (χ4n) is 2.47. The van der Waals surface area contributed by atoms with E-state index in [0.29, 0.717) is 0 Å². The lowest BCUT2D eigenvalue weighted by molar-refractivity contribution is -0.182. The molecule has 0 aromatic heterocycles. The Hall–Kier alpha value is -0.750. The average molecular weight is 340 g/mol. The summed E-state index contributed by atoms with van der Waals surface area (Å²) < 4.78 is 26.7. The SMILES string of the molecule is CC(C)(C)[S@@](=O)N[C@H](CCC1OCCCO1)Cc1ccccc1. The van der Waals surface area contributed by atoms with Gasteiger partial charge in [-0.25, -0.2) is 8.93 Å². The first kappa shape index (κ1) is 18.6. The maximum Gasteiger partial charge on any atom is 0.157 e. The van der Waals surface area contributed by atoms with Gasteiger partial charge in [0, 0.05) is 6.04 Å². The third-order valence-corrected chi connectivity index (χ3v) is 5.46. The Bertz CT molecular complexity index is 481. The van der Waals surface area contributed by atoms with Crippen molar-refractivity contribution in [1.29, 1.82) is 0 Å². The smallest absolute Gasteiger partial charge is 0.157 e. The Morgan fingerprint density at radius 1 is 1.22 bits per heavy atom. The molecule has 2 atom stereocenters. The van der Waals surface area contributed by atoms with Crippen molar-refractivity contribution in [3.05, 3.63) is 35.9 Å². The monoisotopic (exact) mass is 339 g/mol. The predicted molar refractivity (Wildman–Crippen MR) is 94.5 cm³/mol. The third kappa shape index (κ3) is 6.71. The lowest BCUT2D eigenvalue weighted by atomic mass is 10.0. The van der Waals surface area contributed by atoms with E-state index in [1.807, 2.05) is 39.0 Å². The van der Waals surface area contributed by atoms with Crippen molar-refractivity contribution in [2.45, 2.75) is 63.5 Å². The van der Waals surface area contributed by atoms with Crippen LogP contribution in [0.2, 0.25) is 0 Å².